The predicted molar refractivity (Wildman–Crippen MR) is 413 cm³/mol. The first-order valence-electron chi connectivity index (χ1n) is 33.3. The number of rotatable bonds is 13. The van der Waals surface area contributed by atoms with Gasteiger partial charge in [-0.15, -0.1) is 0 Å². The summed E-state index contributed by atoms with van der Waals surface area (Å²) in [5.41, 5.74) is 18.6. The highest BCUT2D eigenvalue weighted by Crippen LogP contribution is 2.48. The van der Waals surface area contributed by atoms with Crippen molar-refractivity contribution in [3.63, 3.8) is 0 Å². The van der Waals surface area contributed by atoms with Gasteiger partial charge in [0.25, 0.3) is 6.71 Å². The molecule has 6 heteroatoms. The molecule has 0 bridgehead atoms. The third-order valence-electron chi connectivity index (χ3n) is 20.4. The number of hydrogen-bond donors (Lipinski definition) is 0. The molecular weight excluding hydrogens is 1190 g/mol. The van der Waals surface area contributed by atoms with Gasteiger partial charge < -0.3 is 14.4 Å². The first-order valence-corrected chi connectivity index (χ1v) is 37.3. The lowest BCUT2D eigenvalue weighted by atomic mass is 9.33. The monoisotopic (exact) mass is 1250 g/mol. The summed E-state index contributed by atoms with van der Waals surface area (Å²) in [6.45, 7) is -0.211. The third-order valence-corrected chi connectivity index (χ3v) is 30.0. The largest absolute Gasteiger partial charge is 0.311 e. The van der Waals surface area contributed by atoms with Gasteiger partial charge in [0, 0.05) is 44.8 Å². The van der Waals surface area contributed by atoms with Crippen LogP contribution in [0.5, 0.6) is 0 Å². The van der Waals surface area contributed by atoms with E-state index in [1.807, 2.05) is 0 Å². The molecule has 3 heterocycles. The number of benzene rings is 15. The van der Waals surface area contributed by atoms with Crippen molar-refractivity contribution in [1.82, 2.24) is 4.57 Å². The molecule has 16 aromatic rings. The minimum Gasteiger partial charge on any atom is -0.311 e. The quantitative estimate of drug-likeness (QED) is 0.0842. The Morgan fingerprint density at radius 2 is 0.635 bits per heavy atom. The molecule has 18 rings (SSSR count). The highest BCUT2D eigenvalue weighted by Gasteiger charge is 2.48. The first-order chi connectivity index (χ1) is 47.7. The van der Waals surface area contributed by atoms with Gasteiger partial charge in [0.1, 0.15) is 0 Å². The Morgan fingerprint density at radius 3 is 1.15 bits per heavy atom. The third kappa shape index (κ3) is 9.01. The number of para-hydroxylation sites is 3. The topological polar surface area (TPSA) is 11.4 Å². The fraction of sp³-hybridized carbons (Fsp3) is 0. The molecule has 0 spiro atoms. The zero-order valence-corrected chi connectivity index (χ0v) is 54.9. The van der Waals surface area contributed by atoms with E-state index in [2.05, 4.69) is 403 Å². The van der Waals surface area contributed by atoms with Crippen LogP contribution >= 0.6 is 0 Å². The molecule has 1 aromatic heterocycles. The van der Waals surface area contributed by atoms with E-state index in [0.717, 1.165) is 62.0 Å². The normalized spacial score (nSPS) is 12.5. The SMILES string of the molecule is c1ccc(-c2ccc3c(c2)B2c4ccc([Si](c5ccccc5)(c5ccccc5)c5ccccc5)cc4N(c4cccc([Si](c5ccccc5)(c5ccccc5)c5ccccc5)c4)c4cc(-n5c6ccccc6c6ccccc65)cc(c42)N3c2ccccc2-c2ccccc2)cc1. The molecule has 0 aliphatic carbocycles. The van der Waals surface area contributed by atoms with Crippen LogP contribution in [0.2, 0.25) is 0 Å². The number of nitrogens with zero attached hydrogens (tertiary/aromatic N) is 3. The lowest BCUT2D eigenvalue weighted by molar-refractivity contribution is 1.16. The van der Waals surface area contributed by atoms with Crippen LogP contribution in [0.3, 0.4) is 0 Å². The van der Waals surface area contributed by atoms with Crippen LogP contribution in [0.1, 0.15) is 0 Å². The summed E-state index contributed by atoms with van der Waals surface area (Å²) in [6.07, 6.45) is 0. The fourth-order valence-corrected chi connectivity index (χ4v) is 26.0. The number of aromatic nitrogens is 1. The zero-order chi connectivity index (χ0) is 63.6. The van der Waals surface area contributed by atoms with E-state index in [1.165, 1.54) is 79.8 Å². The number of fused-ring (bicyclic) bond motifs is 7. The van der Waals surface area contributed by atoms with Crippen LogP contribution < -0.4 is 67.7 Å². The molecule has 2 aliphatic heterocycles. The summed E-state index contributed by atoms with van der Waals surface area (Å²) in [6, 6.07) is 147. The number of anilines is 6. The van der Waals surface area contributed by atoms with Crippen molar-refractivity contribution in [3.05, 3.63) is 388 Å². The van der Waals surface area contributed by atoms with Crippen molar-refractivity contribution >= 4 is 137 Å². The Hall–Kier alpha value is -11.8. The van der Waals surface area contributed by atoms with Crippen molar-refractivity contribution in [1.29, 1.82) is 0 Å². The van der Waals surface area contributed by atoms with E-state index < -0.39 is 16.1 Å². The lowest BCUT2D eigenvalue weighted by Crippen LogP contribution is -2.75. The van der Waals surface area contributed by atoms with Gasteiger partial charge in [0.15, 0.2) is 16.1 Å². The summed E-state index contributed by atoms with van der Waals surface area (Å²) >= 11 is 0. The second-order valence-corrected chi connectivity index (χ2v) is 33.0. The predicted octanol–water partition coefficient (Wildman–Crippen LogP) is 15.0. The highest BCUT2D eigenvalue weighted by molar-refractivity contribution is 7.20. The first kappa shape index (κ1) is 56.9. The summed E-state index contributed by atoms with van der Waals surface area (Å²) in [5.74, 6) is 0. The second-order valence-electron chi connectivity index (χ2n) is 25.4. The maximum absolute atomic E-state index is 3.15. The molecule has 15 aromatic carbocycles. The van der Waals surface area contributed by atoms with Crippen LogP contribution in [0.25, 0.3) is 49.7 Å². The van der Waals surface area contributed by atoms with Crippen LogP contribution in [-0.2, 0) is 0 Å². The Kier molecular flexibility index (Phi) is 14.0. The van der Waals surface area contributed by atoms with Gasteiger partial charge in [-0.25, -0.2) is 0 Å². The van der Waals surface area contributed by atoms with Crippen LogP contribution in [0.15, 0.2) is 388 Å². The molecular formula is C90H64BN3Si2. The molecule has 2 aliphatic rings. The average Bonchev–Trinajstić information content (AvgIpc) is 0.776. The molecule has 0 saturated carbocycles. The summed E-state index contributed by atoms with van der Waals surface area (Å²) < 4.78 is 2.53. The molecule has 96 heavy (non-hydrogen) atoms. The minimum atomic E-state index is -3.15. The molecule has 0 radical (unpaired) electrons. The molecule has 0 atom stereocenters. The van der Waals surface area contributed by atoms with Gasteiger partial charge >= 0.3 is 0 Å². The van der Waals surface area contributed by atoms with Gasteiger partial charge in [-0.2, -0.15) is 0 Å². The van der Waals surface area contributed by atoms with E-state index in [1.54, 1.807) is 0 Å². The summed E-state index contributed by atoms with van der Waals surface area (Å²) in [5, 5.41) is 13.0. The average molecular weight is 1250 g/mol. The summed E-state index contributed by atoms with van der Waals surface area (Å²) in [4.78, 5) is 5.31. The van der Waals surface area contributed by atoms with Gasteiger partial charge in [-0.05, 0) is 129 Å². The minimum absolute atomic E-state index is 0.211. The smallest absolute Gasteiger partial charge is 0.252 e. The van der Waals surface area contributed by atoms with Crippen LogP contribution in [0, 0.1) is 0 Å². The van der Waals surface area contributed by atoms with E-state index in [9.17, 15) is 0 Å². The maximum atomic E-state index is 2.70. The van der Waals surface area contributed by atoms with Crippen molar-refractivity contribution in [2.24, 2.45) is 0 Å². The second kappa shape index (κ2) is 23.6. The van der Waals surface area contributed by atoms with Gasteiger partial charge in [0.05, 0.1) is 22.4 Å². The van der Waals surface area contributed by atoms with Crippen molar-refractivity contribution in [3.8, 4) is 27.9 Å². The molecule has 0 saturated heterocycles. The molecule has 0 amide bonds. The Labute approximate surface area is 563 Å². The van der Waals surface area contributed by atoms with Crippen LogP contribution in [-0.4, -0.2) is 27.4 Å². The van der Waals surface area contributed by atoms with E-state index in [4.69, 9.17) is 0 Å². The Morgan fingerprint density at radius 1 is 0.219 bits per heavy atom. The Balaban J connectivity index is 1.01. The molecule has 0 fully saturated rings. The standard InChI is InChI=1S/C90H64BN3Si2/c1-9-32-65(33-10-1)67-56-59-86-82(60-67)91-81-58-57-77(96(73-43-19-6-20-44-73,74-45-21-7-22-46-74)75-47-23-8-24-48-75)64-87(81)92(68-36-31-49-76(61-68)95(70-37-13-3-14-38-70,71-39-15-4-16-40-71)72-41-17-5-18-42-72)88-62-69(93-84-54-29-26-51-79(84)80-52-27-30-55-85(80)93)63-89(90(88)91)94(86)83-53-28-25-50-78(83)66-34-11-2-12-35-66/h1-64H. The van der Waals surface area contributed by atoms with Crippen molar-refractivity contribution in [2.75, 3.05) is 9.80 Å². The number of hydrogen-bond acceptors (Lipinski definition) is 2. The van der Waals surface area contributed by atoms with Crippen molar-refractivity contribution < 1.29 is 0 Å². The molecule has 0 N–H and O–H groups in total. The van der Waals surface area contributed by atoms with Gasteiger partial charge in [-0.1, -0.05) is 334 Å². The fourth-order valence-electron chi connectivity index (χ4n) is 16.4. The van der Waals surface area contributed by atoms with E-state index in [0.29, 0.717) is 0 Å². The van der Waals surface area contributed by atoms with Gasteiger partial charge in [0.2, 0.25) is 0 Å². The molecule has 3 nitrogen and oxygen atoms in total. The van der Waals surface area contributed by atoms with Gasteiger partial charge in [-0.3, -0.25) is 0 Å². The molecule has 450 valence electrons. The van der Waals surface area contributed by atoms with Crippen molar-refractivity contribution in [2.45, 2.75) is 0 Å². The zero-order valence-electron chi connectivity index (χ0n) is 52.9. The van der Waals surface area contributed by atoms with Crippen LogP contribution in [0.4, 0.5) is 34.1 Å². The van der Waals surface area contributed by atoms with E-state index in [-0.39, 0.29) is 6.71 Å². The Bertz CT molecular complexity index is 5290. The maximum Gasteiger partial charge on any atom is 0.252 e. The highest BCUT2D eigenvalue weighted by atomic mass is 28.3. The lowest BCUT2D eigenvalue weighted by Gasteiger charge is -2.46. The van der Waals surface area contributed by atoms with E-state index >= 15 is 0 Å². The summed E-state index contributed by atoms with van der Waals surface area (Å²) in [7, 11) is -6.25. The molecule has 0 unspecified atom stereocenters.